The molecule has 0 amide bonds. The van der Waals surface area contributed by atoms with Gasteiger partial charge in [-0.05, 0) is 25.1 Å². The number of aromatic nitrogens is 1. The van der Waals surface area contributed by atoms with E-state index >= 15 is 0 Å². The summed E-state index contributed by atoms with van der Waals surface area (Å²) in [5, 5.41) is 0.774. The fourth-order valence-corrected chi connectivity index (χ4v) is 4.02. The number of nitrogens with two attached hydrogens (primary N) is 1. The summed E-state index contributed by atoms with van der Waals surface area (Å²) < 4.78 is 38.5. The van der Waals surface area contributed by atoms with Crippen molar-refractivity contribution in [2.75, 3.05) is 12.3 Å². The molecule has 2 N–H and O–H groups in total. The molecule has 2 aromatic rings. The van der Waals surface area contributed by atoms with Gasteiger partial charge in [0, 0.05) is 6.54 Å². The zero-order chi connectivity index (χ0) is 14.0. The Morgan fingerprint density at radius 2 is 2.26 bits per heavy atom. The molecule has 1 aromatic carbocycles. The van der Waals surface area contributed by atoms with Gasteiger partial charge in [0.05, 0.1) is 14.6 Å². The van der Waals surface area contributed by atoms with E-state index in [0.29, 0.717) is 5.52 Å². The molecule has 0 aliphatic heterocycles. The van der Waals surface area contributed by atoms with Gasteiger partial charge in [0.2, 0.25) is 0 Å². The summed E-state index contributed by atoms with van der Waals surface area (Å²) in [5.41, 5.74) is 5.57. The lowest BCUT2D eigenvalue weighted by molar-refractivity contribution is 0.583. The lowest BCUT2D eigenvalue weighted by Gasteiger charge is -2.03. The zero-order valence-electron chi connectivity index (χ0n) is 10.3. The van der Waals surface area contributed by atoms with Crippen molar-refractivity contribution in [1.82, 2.24) is 4.98 Å². The first-order valence-electron chi connectivity index (χ1n) is 5.57. The minimum Gasteiger partial charge on any atom is -0.327 e. The molecule has 102 valence electrons. The van der Waals surface area contributed by atoms with E-state index in [0.717, 1.165) is 15.8 Å². The van der Waals surface area contributed by atoms with E-state index in [-0.39, 0.29) is 11.4 Å². The van der Waals surface area contributed by atoms with Gasteiger partial charge in [-0.3, -0.25) is 0 Å². The van der Waals surface area contributed by atoms with Gasteiger partial charge in [0.25, 0.3) is 0 Å². The van der Waals surface area contributed by atoms with Crippen molar-refractivity contribution in [2.45, 2.75) is 11.8 Å². The highest BCUT2D eigenvalue weighted by molar-refractivity contribution is 7.91. The van der Waals surface area contributed by atoms with Crippen molar-refractivity contribution in [2.24, 2.45) is 5.73 Å². The molecule has 0 bridgehead atoms. The number of halogens is 1. The van der Waals surface area contributed by atoms with Gasteiger partial charge in [0.15, 0.2) is 9.84 Å². The van der Waals surface area contributed by atoms with Crippen LogP contribution in [-0.2, 0) is 9.84 Å². The Labute approximate surface area is 114 Å². The number of benzene rings is 1. The number of fused-ring (bicyclic) bond motifs is 1. The number of thiazole rings is 1. The highest BCUT2D eigenvalue weighted by Crippen LogP contribution is 2.28. The minimum atomic E-state index is -3.75. The summed E-state index contributed by atoms with van der Waals surface area (Å²) in [6.07, 6.45) is 1.06. The summed E-state index contributed by atoms with van der Waals surface area (Å²) in [7, 11) is -3.75. The number of hydrogen-bond donors (Lipinski definition) is 1. The second-order valence-corrected chi connectivity index (χ2v) is 7.17. The maximum absolute atomic E-state index is 13.4. The number of aryl methyl sites for hydroxylation is 1. The SMILES string of the molecule is Cc1nc2c(S(=O)(=O)C/C(F)=C/CN)cccc2s1. The Morgan fingerprint density at radius 1 is 1.53 bits per heavy atom. The molecule has 0 fully saturated rings. The van der Waals surface area contributed by atoms with Gasteiger partial charge < -0.3 is 5.73 Å². The van der Waals surface area contributed by atoms with Crippen molar-refractivity contribution >= 4 is 31.4 Å². The third kappa shape index (κ3) is 2.99. The molecular formula is C12H13FN2O2S2. The number of para-hydroxylation sites is 1. The smallest absolute Gasteiger partial charge is 0.187 e. The van der Waals surface area contributed by atoms with Crippen LogP contribution in [0.4, 0.5) is 4.39 Å². The van der Waals surface area contributed by atoms with Gasteiger partial charge in [0.1, 0.15) is 17.1 Å². The maximum Gasteiger partial charge on any atom is 0.187 e. The van der Waals surface area contributed by atoms with Gasteiger partial charge >= 0.3 is 0 Å². The predicted molar refractivity (Wildman–Crippen MR) is 74.7 cm³/mol. The van der Waals surface area contributed by atoms with E-state index in [1.807, 2.05) is 0 Å². The van der Waals surface area contributed by atoms with Crippen molar-refractivity contribution < 1.29 is 12.8 Å². The normalized spacial score (nSPS) is 13.1. The fraction of sp³-hybridized carbons (Fsp3) is 0.250. The van der Waals surface area contributed by atoms with Crippen LogP contribution < -0.4 is 5.73 Å². The van der Waals surface area contributed by atoms with Crippen molar-refractivity contribution in [3.63, 3.8) is 0 Å². The summed E-state index contributed by atoms with van der Waals surface area (Å²) in [6.45, 7) is 1.78. The average molecular weight is 300 g/mol. The van der Waals surface area contributed by atoms with Crippen LogP contribution in [0.3, 0.4) is 0 Å². The second kappa shape index (κ2) is 5.36. The molecule has 2 rings (SSSR count). The van der Waals surface area contributed by atoms with Crippen LogP contribution in [0.15, 0.2) is 35.0 Å². The molecule has 0 saturated carbocycles. The van der Waals surface area contributed by atoms with Crippen LogP contribution in [0.2, 0.25) is 0 Å². The standard InChI is InChI=1S/C12H13FN2O2S2/c1-8-15-12-10(18-8)3-2-4-11(12)19(16,17)7-9(13)5-6-14/h2-5H,6-7,14H2,1H3/b9-5-. The van der Waals surface area contributed by atoms with E-state index in [4.69, 9.17) is 5.73 Å². The summed E-state index contributed by atoms with van der Waals surface area (Å²) in [4.78, 5) is 4.27. The third-order valence-corrected chi connectivity index (χ3v) is 5.08. The van der Waals surface area contributed by atoms with Crippen molar-refractivity contribution in [1.29, 1.82) is 0 Å². The number of rotatable bonds is 4. The van der Waals surface area contributed by atoms with Crippen LogP contribution in [0.5, 0.6) is 0 Å². The van der Waals surface area contributed by atoms with Crippen LogP contribution in [-0.4, -0.2) is 25.7 Å². The molecule has 0 atom stereocenters. The lowest BCUT2D eigenvalue weighted by atomic mass is 10.3. The molecule has 19 heavy (non-hydrogen) atoms. The summed E-state index contributed by atoms with van der Waals surface area (Å²) in [5.74, 6) is -1.42. The first kappa shape index (κ1) is 14.1. The Bertz CT molecular complexity index is 735. The first-order chi connectivity index (χ1) is 8.94. The van der Waals surface area contributed by atoms with E-state index < -0.39 is 21.4 Å². The highest BCUT2D eigenvalue weighted by atomic mass is 32.2. The van der Waals surface area contributed by atoms with Crippen LogP contribution in [0, 0.1) is 6.92 Å². The Kier molecular flexibility index (Phi) is 3.98. The molecule has 1 heterocycles. The predicted octanol–water partition coefficient (Wildman–Crippen LogP) is 2.19. The Hall–Kier alpha value is -1.31. The third-order valence-electron chi connectivity index (χ3n) is 2.49. The molecule has 0 unspecified atom stereocenters. The molecule has 7 heteroatoms. The topological polar surface area (TPSA) is 73.0 Å². The van der Waals surface area contributed by atoms with Gasteiger partial charge in [-0.2, -0.15) is 0 Å². The quantitative estimate of drug-likeness (QED) is 0.939. The average Bonchev–Trinajstić information content (AvgIpc) is 2.67. The first-order valence-corrected chi connectivity index (χ1v) is 8.04. The van der Waals surface area contributed by atoms with Gasteiger partial charge in [-0.25, -0.2) is 17.8 Å². The lowest BCUT2D eigenvalue weighted by Crippen LogP contribution is -2.09. The van der Waals surface area contributed by atoms with E-state index in [1.165, 1.54) is 17.4 Å². The van der Waals surface area contributed by atoms with Gasteiger partial charge in [-0.15, -0.1) is 11.3 Å². The molecule has 1 aromatic heterocycles. The van der Waals surface area contributed by atoms with Gasteiger partial charge in [-0.1, -0.05) is 6.07 Å². The molecule has 0 saturated heterocycles. The van der Waals surface area contributed by atoms with Crippen LogP contribution in [0.1, 0.15) is 5.01 Å². The summed E-state index contributed by atoms with van der Waals surface area (Å²) in [6, 6.07) is 4.88. The van der Waals surface area contributed by atoms with Crippen molar-refractivity contribution in [3.8, 4) is 0 Å². The number of nitrogens with zero attached hydrogens (tertiary/aromatic N) is 1. The highest BCUT2D eigenvalue weighted by Gasteiger charge is 2.21. The molecule has 0 radical (unpaired) electrons. The molecule has 0 aliphatic rings. The molecule has 4 nitrogen and oxygen atoms in total. The largest absolute Gasteiger partial charge is 0.327 e. The van der Waals surface area contributed by atoms with Crippen LogP contribution in [0.25, 0.3) is 10.2 Å². The monoisotopic (exact) mass is 300 g/mol. The van der Waals surface area contributed by atoms with E-state index in [2.05, 4.69) is 4.98 Å². The molecular weight excluding hydrogens is 287 g/mol. The Morgan fingerprint density at radius 3 is 2.95 bits per heavy atom. The summed E-state index contributed by atoms with van der Waals surface area (Å²) >= 11 is 1.41. The number of sulfone groups is 1. The van der Waals surface area contributed by atoms with E-state index in [9.17, 15) is 12.8 Å². The molecule has 0 spiro atoms. The molecule has 0 aliphatic carbocycles. The maximum atomic E-state index is 13.4. The fourth-order valence-electron chi connectivity index (χ4n) is 1.73. The van der Waals surface area contributed by atoms with Crippen LogP contribution >= 0.6 is 11.3 Å². The Balaban J connectivity index is 2.51. The second-order valence-electron chi connectivity index (χ2n) is 3.98. The van der Waals surface area contributed by atoms with Crippen molar-refractivity contribution in [3.05, 3.63) is 35.1 Å². The number of hydrogen-bond acceptors (Lipinski definition) is 5. The minimum absolute atomic E-state index is 0.0264. The zero-order valence-corrected chi connectivity index (χ0v) is 11.9. The van der Waals surface area contributed by atoms with E-state index in [1.54, 1.807) is 19.1 Å².